The molecule has 2 N–H and O–H groups in total. The molecule has 23 heavy (non-hydrogen) atoms. The molecular weight excluding hydrogens is 286 g/mol. The van der Waals surface area contributed by atoms with E-state index in [0.717, 1.165) is 42.9 Å². The molecule has 4 aliphatic carbocycles. The van der Waals surface area contributed by atoms with E-state index in [1.165, 1.54) is 44.9 Å². The average Bonchev–Trinajstić information content (AvgIpc) is 2.85. The van der Waals surface area contributed by atoms with Crippen molar-refractivity contribution >= 4 is 6.41 Å². The fraction of sp³-hybridized carbons (Fsp3) is 0.950. The number of aliphatic hydroxyl groups excluding tert-OH is 1. The quantitative estimate of drug-likeness (QED) is 0.765. The molecule has 3 heteroatoms. The van der Waals surface area contributed by atoms with Crippen molar-refractivity contribution in [2.24, 2.45) is 34.5 Å². The maximum absolute atomic E-state index is 11.0. The van der Waals surface area contributed by atoms with E-state index in [4.69, 9.17) is 0 Å². The fourth-order valence-corrected chi connectivity index (χ4v) is 7.59. The van der Waals surface area contributed by atoms with Gasteiger partial charge in [-0.1, -0.05) is 13.8 Å². The first-order valence-corrected chi connectivity index (χ1v) is 9.87. The molecule has 0 heterocycles. The highest BCUT2D eigenvalue weighted by Crippen LogP contribution is 2.66. The summed E-state index contributed by atoms with van der Waals surface area (Å²) in [5.74, 6) is 3.23. The highest BCUT2D eigenvalue weighted by Gasteiger charge is 2.60. The Morgan fingerprint density at radius 3 is 2.48 bits per heavy atom. The second-order valence-corrected chi connectivity index (χ2v) is 9.54. The van der Waals surface area contributed by atoms with E-state index >= 15 is 0 Å². The summed E-state index contributed by atoms with van der Waals surface area (Å²) < 4.78 is 0. The lowest BCUT2D eigenvalue weighted by atomic mass is 9.45. The van der Waals surface area contributed by atoms with Gasteiger partial charge in [0.05, 0.1) is 6.10 Å². The van der Waals surface area contributed by atoms with Crippen LogP contribution >= 0.6 is 0 Å². The van der Waals surface area contributed by atoms with Gasteiger partial charge >= 0.3 is 0 Å². The van der Waals surface area contributed by atoms with Gasteiger partial charge in [0, 0.05) is 6.04 Å². The first kappa shape index (κ1) is 15.9. The van der Waals surface area contributed by atoms with E-state index in [0.29, 0.717) is 16.9 Å². The molecule has 0 saturated heterocycles. The normalized spacial score (nSPS) is 55.4. The Balaban J connectivity index is 1.59. The molecule has 0 aliphatic heterocycles. The van der Waals surface area contributed by atoms with Gasteiger partial charge in [-0.15, -0.1) is 0 Å². The molecule has 0 radical (unpaired) electrons. The molecule has 3 nitrogen and oxygen atoms in total. The van der Waals surface area contributed by atoms with Crippen molar-refractivity contribution < 1.29 is 9.90 Å². The molecule has 4 aliphatic rings. The van der Waals surface area contributed by atoms with Crippen LogP contribution in [0.1, 0.15) is 71.6 Å². The molecule has 0 spiro atoms. The maximum atomic E-state index is 11.0. The molecule has 1 amide bonds. The fourth-order valence-electron chi connectivity index (χ4n) is 7.59. The Hall–Kier alpha value is -0.570. The number of carbonyl (C=O) groups excluding carboxylic acids is 1. The van der Waals surface area contributed by atoms with E-state index in [-0.39, 0.29) is 6.10 Å². The molecule has 0 unspecified atom stereocenters. The number of aliphatic hydroxyl groups is 1. The van der Waals surface area contributed by atoms with Gasteiger partial charge in [0.15, 0.2) is 0 Å². The first-order valence-electron chi connectivity index (χ1n) is 9.87. The summed E-state index contributed by atoms with van der Waals surface area (Å²) in [4.78, 5) is 11.0. The monoisotopic (exact) mass is 319 g/mol. The van der Waals surface area contributed by atoms with Gasteiger partial charge < -0.3 is 10.4 Å². The summed E-state index contributed by atoms with van der Waals surface area (Å²) in [6, 6.07) is 0.393. The van der Waals surface area contributed by atoms with Gasteiger partial charge in [-0.2, -0.15) is 0 Å². The molecule has 0 bridgehead atoms. The van der Waals surface area contributed by atoms with E-state index in [1.54, 1.807) is 0 Å². The molecule has 0 aromatic carbocycles. The van der Waals surface area contributed by atoms with Crippen LogP contribution in [-0.2, 0) is 4.79 Å². The molecule has 8 atom stereocenters. The highest BCUT2D eigenvalue weighted by atomic mass is 16.3. The topological polar surface area (TPSA) is 49.3 Å². The van der Waals surface area contributed by atoms with Gasteiger partial charge in [-0.3, -0.25) is 4.79 Å². The lowest BCUT2D eigenvalue weighted by Gasteiger charge is -2.60. The lowest BCUT2D eigenvalue weighted by molar-refractivity contribution is -0.126. The van der Waals surface area contributed by atoms with E-state index in [9.17, 15) is 9.90 Å². The summed E-state index contributed by atoms with van der Waals surface area (Å²) in [6.45, 7) is 4.99. The zero-order valence-electron chi connectivity index (χ0n) is 14.8. The maximum Gasteiger partial charge on any atom is 0.207 e. The van der Waals surface area contributed by atoms with Crippen LogP contribution in [-0.4, -0.2) is 23.7 Å². The summed E-state index contributed by atoms with van der Waals surface area (Å²) in [6.07, 6.45) is 11.9. The lowest BCUT2D eigenvalue weighted by Crippen LogP contribution is -2.55. The first-order chi connectivity index (χ1) is 11.0. The minimum Gasteiger partial charge on any atom is -0.393 e. The Morgan fingerprint density at radius 2 is 1.70 bits per heavy atom. The second kappa shape index (κ2) is 5.47. The zero-order valence-corrected chi connectivity index (χ0v) is 14.8. The van der Waals surface area contributed by atoms with E-state index in [1.807, 2.05) is 0 Å². The number of hydrogen-bond donors (Lipinski definition) is 2. The number of carbonyl (C=O) groups is 1. The summed E-state index contributed by atoms with van der Waals surface area (Å²) in [5.41, 5.74) is 0.777. The van der Waals surface area contributed by atoms with Crippen molar-refractivity contribution in [3.05, 3.63) is 0 Å². The minimum atomic E-state index is -0.0499. The third-order valence-electron chi connectivity index (χ3n) is 8.91. The van der Waals surface area contributed by atoms with Gasteiger partial charge in [-0.25, -0.2) is 0 Å². The molecule has 0 aromatic rings. The smallest absolute Gasteiger partial charge is 0.207 e. The van der Waals surface area contributed by atoms with Crippen molar-refractivity contribution in [3.8, 4) is 0 Å². The number of amides is 1. The van der Waals surface area contributed by atoms with Crippen LogP contribution in [0.25, 0.3) is 0 Å². The molecule has 4 saturated carbocycles. The number of hydrogen-bond acceptors (Lipinski definition) is 2. The summed E-state index contributed by atoms with van der Waals surface area (Å²) >= 11 is 0. The second-order valence-electron chi connectivity index (χ2n) is 9.54. The van der Waals surface area contributed by atoms with Crippen molar-refractivity contribution in [2.75, 3.05) is 0 Å². The standard InChI is InChI=1S/C20H33NO2/c1-19-9-7-14(23)11-13(19)3-4-15-16-5-6-18(21-12-22)20(16,2)10-8-17(15)19/h12-18,23H,3-11H2,1-2H3,(H,21,22)/t13-,14+,15-,16-,17-,18-,19-,20-/m0/s1. The van der Waals surface area contributed by atoms with Gasteiger partial charge in [0.1, 0.15) is 0 Å². The molecule has 4 rings (SSSR count). The van der Waals surface area contributed by atoms with Crippen molar-refractivity contribution in [3.63, 3.8) is 0 Å². The van der Waals surface area contributed by atoms with Gasteiger partial charge in [0.25, 0.3) is 0 Å². The van der Waals surface area contributed by atoms with Crippen LogP contribution in [0, 0.1) is 34.5 Å². The van der Waals surface area contributed by atoms with Crippen molar-refractivity contribution in [1.82, 2.24) is 5.32 Å². The molecule has 4 fully saturated rings. The number of nitrogens with one attached hydrogen (secondary N) is 1. The van der Waals surface area contributed by atoms with Gasteiger partial charge in [-0.05, 0) is 92.3 Å². The Morgan fingerprint density at radius 1 is 0.957 bits per heavy atom. The van der Waals surface area contributed by atoms with Crippen LogP contribution in [0.4, 0.5) is 0 Å². The average molecular weight is 319 g/mol. The Bertz CT molecular complexity index is 480. The SMILES string of the molecule is C[C@]12CC[C@@H](O)C[C@@H]1CC[C@@H]1[C@@H]2CC[C@]2(C)[C@@H](NC=O)CC[C@@H]12. The predicted molar refractivity (Wildman–Crippen MR) is 90.7 cm³/mol. The van der Waals surface area contributed by atoms with Crippen LogP contribution in [0.15, 0.2) is 0 Å². The Labute approximate surface area is 140 Å². The third kappa shape index (κ3) is 2.22. The molecule has 0 aromatic heterocycles. The van der Waals surface area contributed by atoms with Crippen molar-refractivity contribution in [2.45, 2.75) is 83.8 Å². The molecular formula is C20H33NO2. The number of fused-ring (bicyclic) bond motifs is 5. The zero-order chi connectivity index (χ0) is 16.2. The summed E-state index contributed by atoms with van der Waals surface area (Å²) in [7, 11) is 0. The number of rotatable bonds is 2. The minimum absolute atomic E-state index is 0.0499. The van der Waals surface area contributed by atoms with Crippen LogP contribution < -0.4 is 5.32 Å². The van der Waals surface area contributed by atoms with E-state index in [2.05, 4.69) is 19.2 Å². The van der Waals surface area contributed by atoms with Crippen molar-refractivity contribution in [1.29, 1.82) is 0 Å². The third-order valence-corrected chi connectivity index (χ3v) is 8.91. The highest BCUT2D eigenvalue weighted by molar-refractivity contribution is 5.47. The summed E-state index contributed by atoms with van der Waals surface area (Å²) in [5, 5.41) is 13.2. The predicted octanol–water partition coefficient (Wildman–Crippen LogP) is 3.50. The van der Waals surface area contributed by atoms with E-state index < -0.39 is 0 Å². The molecule has 130 valence electrons. The van der Waals surface area contributed by atoms with Crippen LogP contribution in [0.2, 0.25) is 0 Å². The van der Waals surface area contributed by atoms with Gasteiger partial charge in [0.2, 0.25) is 6.41 Å². The van der Waals surface area contributed by atoms with Crippen LogP contribution in [0.5, 0.6) is 0 Å². The Kier molecular flexibility index (Phi) is 3.79. The van der Waals surface area contributed by atoms with Crippen LogP contribution in [0.3, 0.4) is 0 Å². The largest absolute Gasteiger partial charge is 0.393 e.